The molecule has 0 aromatic carbocycles. The van der Waals surface area contributed by atoms with E-state index in [4.69, 9.17) is 9.47 Å². The normalized spacial score (nSPS) is 13.6. The minimum atomic E-state index is -0.745. The van der Waals surface area contributed by atoms with E-state index >= 15 is 0 Å². The van der Waals surface area contributed by atoms with Gasteiger partial charge in [0, 0.05) is 0 Å². The number of carbonyl (C=O) groups is 2. The van der Waals surface area contributed by atoms with Gasteiger partial charge in [-0.05, 0) is 27.2 Å². The zero-order valence-corrected chi connectivity index (χ0v) is 11.0. The van der Waals surface area contributed by atoms with Crippen LogP contribution >= 0.6 is 0 Å². The standard InChI is InChI=1S/C12H22O5/c1-5-8-10(11(13)15-6-2)9(4)17-12(14)16-7-3/h9-10H,5-8H2,1-4H3/t9-,10-/m0/s1. The van der Waals surface area contributed by atoms with Crippen LogP contribution in [-0.2, 0) is 19.0 Å². The van der Waals surface area contributed by atoms with Crippen LogP contribution in [0.3, 0.4) is 0 Å². The quantitative estimate of drug-likeness (QED) is 0.646. The first kappa shape index (κ1) is 15.7. The highest BCUT2D eigenvalue weighted by molar-refractivity contribution is 5.73. The molecule has 5 heteroatoms. The Morgan fingerprint density at radius 1 is 1.06 bits per heavy atom. The van der Waals surface area contributed by atoms with Gasteiger partial charge in [0.25, 0.3) is 0 Å². The van der Waals surface area contributed by atoms with Crippen LogP contribution in [0.15, 0.2) is 0 Å². The molecule has 0 aliphatic rings. The molecule has 0 aromatic rings. The van der Waals surface area contributed by atoms with E-state index < -0.39 is 18.2 Å². The molecule has 0 spiro atoms. The number of hydrogen-bond acceptors (Lipinski definition) is 5. The fraction of sp³-hybridized carbons (Fsp3) is 0.833. The van der Waals surface area contributed by atoms with Crippen molar-refractivity contribution in [3.8, 4) is 0 Å². The molecule has 0 amide bonds. The third-order valence-electron chi connectivity index (χ3n) is 2.30. The van der Waals surface area contributed by atoms with Gasteiger partial charge >= 0.3 is 12.1 Å². The Labute approximate surface area is 102 Å². The molecular formula is C12H22O5. The summed E-state index contributed by atoms with van der Waals surface area (Å²) in [6, 6.07) is 0. The molecule has 0 saturated carbocycles. The van der Waals surface area contributed by atoms with Crippen molar-refractivity contribution in [2.45, 2.75) is 46.6 Å². The molecule has 0 unspecified atom stereocenters. The predicted octanol–water partition coefficient (Wildman–Crippen LogP) is 2.53. The maximum absolute atomic E-state index is 11.7. The number of rotatable bonds is 7. The molecule has 0 aliphatic heterocycles. The van der Waals surface area contributed by atoms with E-state index in [0.717, 1.165) is 6.42 Å². The van der Waals surface area contributed by atoms with E-state index in [1.807, 2.05) is 6.92 Å². The van der Waals surface area contributed by atoms with E-state index in [2.05, 4.69) is 4.74 Å². The van der Waals surface area contributed by atoms with E-state index in [1.54, 1.807) is 20.8 Å². The van der Waals surface area contributed by atoms with Crippen LogP contribution in [-0.4, -0.2) is 31.4 Å². The Morgan fingerprint density at radius 2 is 1.65 bits per heavy atom. The average molecular weight is 246 g/mol. The summed E-state index contributed by atoms with van der Waals surface area (Å²) in [6.45, 7) is 7.66. The largest absolute Gasteiger partial charge is 0.508 e. The van der Waals surface area contributed by atoms with Crippen molar-refractivity contribution < 1.29 is 23.8 Å². The van der Waals surface area contributed by atoms with Crippen molar-refractivity contribution in [1.82, 2.24) is 0 Å². The molecule has 0 rings (SSSR count). The first-order chi connectivity index (χ1) is 8.06. The average Bonchev–Trinajstić information content (AvgIpc) is 2.26. The molecular weight excluding hydrogens is 224 g/mol. The molecule has 17 heavy (non-hydrogen) atoms. The zero-order valence-electron chi connectivity index (χ0n) is 11.0. The maximum atomic E-state index is 11.7. The van der Waals surface area contributed by atoms with Crippen molar-refractivity contribution in [1.29, 1.82) is 0 Å². The van der Waals surface area contributed by atoms with Gasteiger partial charge in [-0.1, -0.05) is 13.3 Å². The molecule has 0 saturated heterocycles. The fourth-order valence-electron chi connectivity index (χ4n) is 1.49. The summed E-state index contributed by atoms with van der Waals surface area (Å²) < 4.78 is 14.6. The van der Waals surface area contributed by atoms with Crippen molar-refractivity contribution in [3.63, 3.8) is 0 Å². The summed E-state index contributed by atoms with van der Waals surface area (Å²) in [5, 5.41) is 0. The van der Waals surface area contributed by atoms with Gasteiger partial charge in [0.15, 0.2) is 0 Å². The molecule has 0 heterocycles. The minimum Gasteiger partial charge on any atom is -0.466 e. The Morgan fingerprint density at radius 3 is 2.12 bits per heavy atom. The van der Waals surface area contributed by atoms with Crippen LogP contribution in [0, 0.1) is 5.92 Å². The van der Waals surface area contributed by atoms with E-state index in [0.29, 0.717) is 13.0 Å². The molecule has 0 N–H and O–H groups in total. The summed E-state index contributed by atoms with van der Waals surface area (Å²) in [5.41, 5.74) is 0. The summed E-state index contributed by atoms with van der Waals surface area (Å²) in [6.07, 6.45) is 0.165. The van der Waals surface area contributed by atoms with Gasteiger partial charge in [-0.25, -0.2) is 4.79 Å². The smallest absolute Gasteiger partial charge is 0.466 e. The van der Waals surface area contributed by atoms with Gasteiger partial charge in [0.1, 0.15) is 6.10 Å². The van der Waals surface area contributed by atoms with E-state index in [9.17, 15) is 9.59 Å². The van der Waals surface area contributed by atoms with Gasteiger partial charge in [-0.2, -0.15) is 0 Å². The Kier molecular flexibility index (Phi) is 8.19. The first-order valence-corrected chi connectivity index (χ1v) is 6.06. The Balaban J connectivity index is 4.37. The highest BCUT2D eigenvalue weighted by atomic mass is 16.7. The maximum Gasteiger partial charge on any atom is 0.508 e. The van der Waals surface area contributed by atoms with Crippen LogP contribution in [0.5, 0.6) is 0 Å². The molecule has 0 radical (unpaired) electrons. The van der Waals surface area contributed by atoms with Crippen molar-refractivity contribution >= 4 is 12.1 Å². The van der Waals surface area contributed by atoms with Gasteiger partial charge in [-0.3, -0.25) is 4.79 Å². The van der Waals surface area contributed by atoms with Crippen LogP contribution in [0.25, 0.3) is 0 Å². The lowest BCUT2D eigenvalue weighted by Crippen LogP contribution is -2.32. The van der Waals surface area contributed by atoms with Crippen LogP contribution in [0.2, 0.25) is 0 Å². The predicted molar refractivity (Wildman–Crippen MR) is 62.6 cm³/mol. The van der Waals surface area contributed by atoms with Crippen LogP contribution in [0.4, 0.5) is 4.79 Å². The Bertz CT molecular complexity index is 239. The van der Waals surface area contributed by atoms with Crippen LogP contribution in [0.1, 0.15) is 40.5 Å². The van der Waals surface area contributed by atoms with Crippen molar-refractivity contribution in [2.24, 2.45) is 5.92 Å². The summed E-state index contributed by atoms with van der Waals surface area (Å²) in [7, 11) is 0. The molecule has 0 aliphatic carbocycles. The van der Waals surface area contributed by atoms with E-state index in [1.165, 1.54) is 0 Å². The third-order valence-corrected chi connectivity index (χ3v) is 2.30. The second kappa shape index (κ2) is 8.84. The monoisotopic (exact) mass is 246 g/mol. The second-order valence-corrected chi connectivity index (χ2v) is 3.65. The summed E-state index contributed by atoms with van der Waals surface area (Å²) in [4.78, 5) is 22.8. The SMILES string of the molecule is CCC[C@H](C(=O)OCC)[C@H](C)OC(=O)OCC. The second-order valence-electron chi connectivity index (χ2n) is 3.65. The lowest BCUT2D eigenvalue weighted by molar-refractivity contribution is -0.152. The molecule has 2 atom stereocenters. The number of esters is 1. The molecule has 100 valence electrons. The Hall–Kier alpha value is -1.26. The van der Waals surface area contributed by atoms with Gasteiger partial charge in [-0.15, -0.1) is 0 Å². The number of ether oxygens (including phenoxy) is 3. The molecule has 0 bridgehead atoms. The lowest BCUT2D eigenvalue weighted by Gasteiger charge is -2.21. The summed E-state index contributed by atoms with van der Waals surface area (Å²) >= 11 is 0. The van der Waals surface area contributed by atoms with Gasteiger partial charge in [0.2, 0.25) is 0 Å². The first-order valence-electron chi connectivity index (χ1n) is 6.06. The van der Waals surface area contributed by atoms with Gasteiger partial charge < -0.3 is 14.2 Å². The molecule has 0 aromatic heterocycles. The zero-order chi connectivity index (χ0) is 13.3. The molecule has 5 nitrogen and oxygen atoms in total. The summed E-state index contributed by atoms with van der Waals surface area (Å²) in [5.74, 6) is -0.754. The van der Waals surface area contributed by atoms with Crippen molar-refractivity contribution in [2.75, 3.05) is 13.2 Å². The van der Waals surface area contributed by atoms with E-state index in [-0.39, 0.29) is 12.6 Å². The topological polar surface area (TPSA) is 61.8 Å². The highest BCUT2D eigenvalue weighted by Gasteiger charge is 2.28. The fourth-order valence-corrected chi connectivity index (χ4v) is 1.49. The number of hydrogen-bond donors (Lipinski definition) is 0. The van der Waals surface area contributed by atoms with Crippen LogP contribution < -0.4 is 0 Å². The van der Waals surface area contributed by atoms with Crippen molar-refractivity contribution in [3.05, 3.63) is 0 Å². The third kappa shape index (κ3) is 6.14. The molecule has 0 fully saturated rings. The number of carbonyl (C=O) groups excluding carboxylic acids is 2. The van der Waals surface area contributed by atoms with Gasteiger partial charge in [0.05, 0.1) is 19.1 Å². The minimum absolute atomic E-state index is 0.253. The lowest BCUT2D eigenvalue weighted by atomic mass is 9.98. The highest BCUT2D eigenvalue weighted by Crippen LogP contribution is 2.17.